The number of ether oxygens (including phenoxy) is 1. The van der Waals surface area contributed by atoms with Gasteiger partial charge in [-0.1, -0.05) is 0 Å². The summed E-state index contributed by atoms with van der Waals surface area (Å²) in [6.07, 6.45) is 2.65. The number of methoxy groups -OCH3 is 1. The maximum Gasteiger partial charge on any atom is 0.0661 e. The molecule has 0 aromatic heterocycles. The first-order valence-corrected chi connectivity index (χ1v) is 6.40. The molecule has 0 bridgehead atoms. The van der Waals surface area contributed by atoms with Crippen molar-refractivity contribution in [2.24, 2.45) is 0 Å². The van der Waals surface area contributed by atoms with Crippen molar-refractivity contribution >= 4 is 11.4 Å². The average Bonchev–Trinajstić information content (AvgIpc) is 2.84. The smallest absolute Gasteiger partial charge is 0.0661 e. The van der Waals surface area contributed by atoms with E-state index in [9.17, 15) is 0 Å². The van der Waals surface area contributed by atoms with Gasteiger partial charge in [0.2, 0.25) is 0 Å². The molecule has 1 fully saturated rings. The van der Waals surface area contributed by atoms with E-state index in [2.05, 4.69) is 41.4 Å². The molecule has 1 N–H and O–H groups in total. The largest absolute Gasteiger partial charge is 0.383 e. The van der Waals surface area contributed by atoms with E-state index in [-0.39, 0.29) is 0 Å². The maximum absolute atomic E-state index is 5.11. The highest BCUT2D eigenvalue weighted by atomic mass is 16.5. The Kier molecular flexibility index (Phi) is 4.26. The predicted octanol–water partition coefficient (Wildman–Crippen LogP) is 2.73. The second-order valence-corrected chi connectivity index (χ2v) is 4.74. The molecule has 0 amide bonds. The Morgan fingerprint density at radius 1 is 1.24 bits per heavy atom. The van der Waals surface area contributed by atoms with Crippen molar-refractivity contribution < 1.29 is 4.74 Å². The van der Waals surface area contributed by atoms with Gasteiger partial charge in [-0.05, 0) is 44.0 Å². The van der Waals surface area contributed by atoms with E-state index in [0.717, 1.165) is 12.3 Å². The summed E-state index contributed by atoms with van der Waals surface area (Å²) >= 11 is 0. The number of hydrogen-bond donors (Lipinski definition) is 1. The molecule has 1 aliphatic rings. The van der Waals surface area contributed by atoms with Gasteiger partial charge in [-0.2, -0.15) is 0 Å². The summed E-state index contributed by atoms with van der Waals surface area (Å²) in [6.45, 7) is 5.26. The highest BCUT2D eigenvalue weighted by molar-refractivity contribution is 5.55. The van der Waals surface area contributed by atoms with E-state index in [1.165, 1.54) is 31.6 Å². The van der Waals surface area contributed by atoms with Crippen molar-refractivity contribution in [2.45, 2.75) is 25.8 Å². The summed E-state index contributed by atoms with van der Waals surface area (Å²) in [5, 5.41) is 3.42. The van der Waals surface area contributed by atoms with E-state index in [4.69, 9.17) is 4.74 Å². The minimum atomic E-state index is 0.345. The minimum Gasteiger partial charge on any atom is -0.383 e. The Hall–Kier alpha value is -1.22. The fraction of sp³-hybridized carbons (Fsp3) is 0.571. The average molecular weight is 234 g/mol. The summed E-state index contributed by atoms with van der Waals surface area (Å²) in [4.78, 5) is 2.45. The lowest BCUT2D eigenvalue weighted by Crippen LogP contribution is -2.21. The Bertz CT molecular complexity index is 331. The van der Waals surface area contributed by atoms with E-state index in [1.54, 1.807) is 7.11 Å². The van der Waals surface area contributed by atoms with Crippen molar-refractivity contribution in [3.63, 3.8) is 0 Å². The molecule has 1 atom stereocenters. The van der Waals surface area contributed by atoms with E-state index >= 15 is 0 Å². The molecule has 2 rings (SSSR count). The van der Waals surface area contributed by atoms with Gasteiger partial charge >= 0.3 is 0 Å². The molecule has 17 heavy (non-hydrogen) atoms. The Labute approximate surface area is 104 Å². The lowest BCUT2D eigenvalue weighted by molar-refractivity contribution is 0.190. The third-order valence-corrected chi connectivity index (χ3v) is 3.17. The summed E-state index contributed by atoms with van der Waals surface area (Å²) in [6, 6.07) is 9.05. The number of nitrogens with one attached hydrogen (secondary N) is 1. The molecule has 94 valence electrons. The van der Waals surface area contributed by atoms with E-state index < -0.39 is 0 Å². The number of nitrogens with zero attached hydrogens (tertiary/aromatic N) is 1. The summed E-state index contributed by atoms with van der Waals surface area (Å²) in [5.41, 5.74) is 2.50. The van der Waals surface area contributed by atoms with Crippen molar-refractivity contribution in [3.05, 3.63) is 24.3 Å². The lowest BCUT2D eigenvalue weighted by atomic mass is 10.2. The molecule has 1 saturated heterocycles. The molecule has 1 aromatic carbocycles. The van der Waals surface area contributed by atoms with Gasteiger partial charge < -0.3 is 15.0 Å². The van der Waals surface area contributed by atoms with Crippen molar-refractivity contribution in [2.75, 3.05) is 37.0 Å². The van der Waals surface area contributed by atoms with E-state index in [0.29, 0.717) is 6.04 Å². The third-order valence-electron chi connectivity index (χ3n) is 3.17. The van der Waals surface area contributed by atoms with Crippen molar-refractivity contribution in [1.82, 2.24) is 0 Å². The van der Waals surface area contributed by atoms with Gasteiger partial charge in [-0.15, -0.1) is 0 Å². The molecule has 0 spiro atoms. The van der Waals surface area contributed by atoms with Gasteiger partial charge in [-0.3, -0.25) is 0 Å². The first kappa shape index (κ1) is 12.2. The van der Waals surface area contributed by atoms with Crippen LogP contribution in [0.1, 0.15) is 19.8 Å². The monoisotopic (exact) mass is 234 g/mol. The van der Waals surface area contributed by atoms with Crippen LogP contribution >= 0.6 is 0 Å². The van der Waals surface area contributed by atoms with Gasteiger partial charge in [0, 0.05) is 37.6 Å². The standard InChI is InChI=1S/C14H22N2O/c1-12(11-17-2)15-13-5-7-14(8-6-13)16-9-3-4-10-16/h5-8,12,15H,3-4,9-11H2,1-2H3. The molecule has 1 aromatic rings. The van der Waals surface area contributed by atoms with Crippen LogP contribution in [-0.2, 0) is 4.74 Å². The van der Waals surface area contributed by atoms with Gasteiger partial charge in [-0.25, -0.2) is 0 Å². The topological polar surface area (TPSA) is 24.5 Å². The summed E-state index contributed by atoms with van der Waals surface area (Å²) < 4.78 is 5.11. The zero-order chi connectivity index (χ0) is 12.1. The third kappa shape index (κ3) is 3.37. The number of hydrogen-bond acceptors (Lipinski definition) is 3. The first-order chi connectivity index (χ1) is 8.29. The zero-order valence-corrected chi connectivity index (χ0v) is 10.8. The van der Waals surface area contributed by atoms with Crippen LogP contribution in [0.5, 0.6) is 0 Å². The number of anilines is 2. The number of rotatable bonds is 5. The van der Waals surface area contributed by atoms with Crippen LogP contribution in [-0.4, -0.2) is 32.8 Å². The number of benzene rings is 1. The Morgan fingerprint density at radius 2 is 1.88 bits per heavy atom. The van der Waals surface area contributed by atoms with Gasteiger partial charge in [0.05, 0.1) is 6.61 Å². The van der Waals surface area contributed by atoms with Crippen LogP contribution in [0.4, 0.5) is 11.4 Å². The van der Waals surface area contributed by atoms with Crippen LogP contribution in [0.15, 0.2) is 24.3 Å². The first-order valence-electron chi connectivity index (χ1n) is 6.40. The maximum atomic E-state index is 5.11. The normalized spacial score (nSPS) is 17.2. The second kappa shape index (κ2) is 5.92. The molecular weight excluding hydrogens is 212 g/mol. The Morgan fingerprint density at radius 3 is 2.47 bits per heavy atom. The summed E-state index contributed by atoms with van der Waals surface area (Å²) in [7, 11) is 1.73. The van der Waals surface area contributed by atoms with Crippen molar-refractivity contribution in [1.29, 1.82) is 0 Å². The SMILES string of the molecule is COCC(C)Nc1ccc(N2CCCC2)cc1. The highest BCUT2D eigenvalue weighted by Gasteiger charge is 2.11. The molecule has 3 heteroatoms. The molecule has 3 nitrogen and oxygen atoms in total. The van der Waals surface area contributed by atoms with Gasteiger partial charge in [0.25, 0.3) is 0 Å². The molecule has 0 aliphatic carbocycles. The second-order valence-electron chi connectivity index (χ2n) is 4.74. The molecule has 1 heterocycles. The van der Waals surface area contributed by atoms with Crippen LogP contribution in [0.25, 0.3) is 0 Å². The van der Waals surface area contributed by atoms with Crippen molar-refractivity contribution in [3.8, 4) is 0 Å². The summed E-state index contributed by atoms with van der Waals surface area (Å²) in [5.74, 6) is 0. The van der Waals surface area contributed by atoms with E-state index in [1.807, 2.05) is 0 Å². The quantitative estimate of drug-likeness (QED) is 0.848. The highest BCUT2D eigenvalue weighted by Crippen LogP contribution is 2.22. The fourth-order valence-corrected chi connectivity index (χ4v) is 2.32. The Balaban J connectivity index is 1.92. The molecular formula is C14H22N2O. The van der Waals surface area contributed by atoms with Crippen LogP contribution in [0.2, 0.25) is 0 Å². The van der Waals surface area contributed by atoms with Crippen LogP contribution in [0.3, 0.4) is 0 Å². The fourth-order valence-electron chi connectivity index (χ4n) is 2.32. The molecule has 0 radical (unpaired) electrons. The lowest BCUT2D eigenvalue weighted by Gasteiger charge is -2.19. The zero-order valence-electron chi connectivity index (χ0n) is 10.8. The molecule has 1 unspecified atom stereocenters. The predicted molar refractivity (Wildman–Crippen MR) is 72.8 cm³/mol. The minimum absolute atomic E-state index is 0.345. The molecule has 1 aliphatic heterocycles. The van der Waals surface area contributed by atoms with Crippen LogP contribution < -0.4 is 10.2 Å². The van der Waals surface area contributed by atoms with Crippen LogP contribution in [0, 0.1) is 0 Å². The molecule has 0 saturated carbocycles. The van der Waals surface area contributed by atoms with Gasteiger partial charge in [0.1, 0.15) is 0 Å². The van der Waals surface area contributed by atoms with Gasteiger partial charge in [0.15, 0.2) is 0 Å².